The van der Waals surface area contributed by atoms with Gasteiger partial charge in [0.15, 0.2) is 0 Å². The van der Waals surface area contributed by atoms with E-state index < -0.39 is 6.16 Å². The Morgan fingerprint density at radius 2 is 1.94 bits per heavy atom. The van der Waals surface area contributed by atoms with Crippen molar-refractivity contribution in [2.75, 3.05) is 6.61 Å². The highest BCUT2D eigenvalue weighted by atomic mass is 16.7. The number of carbonyl (C=O) groups is 1. The van der Waals surface area contributed by atoms with Gasteiger partial charge in [0.2, 0.25) is 0 Å². The number of ether oxygens (including phenoxy) is 2. The molecule has 0 spiro atoms. The highest BCUT2D eigenvalue weighted by Gasteiger charge is 2.07. The predicted molar refractivity (Wildman–Crippen MR) is 70.0 cm³/mol. The number of hydrogen-bond donors (Lipinski definition) is 0. The van der Waals surface area contributed by atoms with Crippen molar-refractivity contribution in [1.82, 2.24) is 0 Å². The molecule has 0 saturated heterocycles. The van der Waals surface area contributed by atoms with Crippen LogP contribution in [-0.4, -0.2) is 18.9 Å². The monoisotopic (exact) mass is 240 g/mol. The van der Waals surface area contributed by atoms with Gasteiger partial charge in [-0.2, -0.15) is 0 Å². The third-order valence-electron chi connectivity index (χ3n) is 2.15. The normalized spacial score (nSPS) is 12.9. The first-order valence-corrected chi connectivity index (χ1v) is 6.09. The zero-order chi connectivity index (χ0) is 13.3. The van der Waals surface area contributed by atoms with E-state index in [0.29, 0.717) is 6.61 Å². The first kappa shape index (κ1) is 15.8. The molecule has 0 N–H and O–H groups in total. The Bertz CT molecular complexity index is 286. The SMILES string of the molecule is CCOC(=O)OC(C)C=C(C)CCC=C(C)C. The summed E-state index contributed by atoms with van der Waals surface area (Å²) < 4.78 is 9.74. The van der Waals surface area contributed by atoms with Crippen LogP contribution in [0.4, 0.5) is 4.79 Å². The number of carbonyl (C=O) groups excluding carboxylic acids is 1. The third-order valence-corrected chi connectivity index (χ3v) is 2.15. The molecule has 0 fully saturated rings. The van der Waals surface area contributed by atoms with E-state index in [9.17, 15) is 4.79 Å². The van der Waals surface area contributed by atoms with Gasteiger partial charge in [0.05, 0.1) is 6.61 Å². The van der Waals surface area contributed by atoms with Crippen molar-refractivity contribution in [3.05, 3.63) is 23.3 Å². The molecule has 0 aromatic heterocycles. The van der Waals surface area contributed by atoms with Crippen molar-refractivity contribution in [2.45, 2.75) is 53.6 Å². The molecule has 98 valence electrons. The van der Waals surface area contributed by atoms with E-state index in [1.165, 1.54) is 11.1 Å². The summed E-state index contributed by atoms with van der Waals surface area (Å²) in [6.45, 7) is 10.2. The van der Waals surface area contributed by atoms with Gasteiger partial charge in [-0.3, -0.25) is 0 Å². The predicted octanol–water partition coefficient (Wildman–Crippen LogP) is 4.24. The van der Waals surface area contributed by atoms with Crippen LogP contribution in [0.15, 0.2) is 23.3 Å². The highest BCUT2D eigenvalue weighted by molar-refractivity contribution is 5.60. The zero-order valence-corrected chi connectivity index (χ0v) is 11.6. The summed E-state index contributed by atoms with van der Waals surface area (Å²) in [5.74, 6) is 0. The Labute approximate surface area is 104 Å². The second-order valence-electron chi connectivity index (χ2n) is 4.34. The summed E-state index contributed by atoms with van der Waals surface area (Å²) in [5, 5.41) is 0. The Kier molecular flexibility index (Phi) is 8.20. The summed E-state index contributed by atoms with van der Waals surface area (Å²) in [7, 11) is 0. The molecule has 0 aliphatic carbocycles. The molecule has 3 nitrogen and oxygen atoms in total. The molecule has 0 bridgehead atoms. The van der Waals surface area contributed by atoms with Gasteiger partial charge < -0.3 is 9.47 Å². The van der Waals surface area contributed by atoms with E-state index in [-0.39, 0.29) is 6.10 Å². The number of rotatable bonds is 6. The lowest BCUT2D eigenvalue weighted by molar-refractivity contribution is 0.0452. The molecule has 1 atom stereocenters. The van der Waals surface area contributed by atoms with Crippen LogP contribution in [0.1, 0.15) is 47.5 Å². The molecule has 3 heteroatoms. The molecular weight excluding hydrogens is 216 g/mol. The summed E-state index contributed by atoms with van der Waals surface area (Å²) in [6, 6.07) is 0. The van der Waals surface area contributed by atoms with Crippen molar-refractivity contribution < 1.29 is 14.3 Å². The second kappa shape index (κ2) is 8.85. The summed E-state index contributed by atoms with van der Waals surface area (Å²) in [4.78, 5) is 11.1. The molecule has 0 aromatic carbocycles. The average Bonchev–Trinajstić information content (AvgIpc) is 2.16. The van der Waals surface area contributed by atoms with Gasteiger partial charge in [-0.25, -0.2) is 4.79 Å². The van der Waals surface area contributed by atoms with E-state index >= 15 is 0 Å². The highest BCUT2D eigenvalue weighted by Crippen LogP contribution is 2.09. The van der Waals surface area contributed by atoms with Crippen molar-refractivity contribution in [2.24, 2.45) is 0 Å². The molecule has 0 rings (SSSR count). The van der Waals surface area contributed by atoms with Crippen molar-refractivity contribution in [1.29, 1.82) is 0 Å². The maximum atomic E-state index is 11.1. The molecule has 0 aliphatic heterocycles. The standard InChI is InChI=1S/C14H24O3/c1-6-16-14(15)17-13(5)10-12(4)9-7-8-11(2)3/h8,10,13H,6-7,9H2,1-5H3. The van der Waals surface area contributed by atoms with Gasteiger partial charge in [0.1, 0.15) is 6.10 Å². The maximum Gasteiger partial charge on any atom is 0.508 e. The van der Waals surface area contributed by atoms with E-state index in [0.717, 1.165) is 12.8 Å². The van der Waals surface area contributed by atoms with Gasteiger partial charge >= 0.3 is 6.16 Å². The van der Waals surface area contributed by atoms with Crippen LogP contribution in [0.2, 0.25) is 0 Å². The van der Waals surface area contributed by atoms with Crippen LogP contribution in [0.25, 0.3) is 0 Å². The number of hydrogen-bond acceptors (Lipinski definition) is 3. The minimum absolute atomic E-state index is 0.235. The van der Waals surface area contributed by atoms with Gasteiger partial charge in [0, 0.05) is 0 Å². The van der Waals surface area contributed by atoms with E-state index in [4.69, 9.17) is 9.47 Å². The van der Waals surface area contributed by atoms with Gasteiger partial charge in [-0.15, -0.1) is 0 Å². The summed E-state index contributed by atoms with van der Waals surface area (Å²) in [6.07, 6.45) is 5.33. The largest absolute Gasteiger partial charge is 0.508 e. The molecule has 0 aliphatic rings. The summed E-state index contributed by atoms with van der Waals surface area (Å²) >= 11 is 0. The first-order valence-electron chi connectivity index (χ1n) is 6.09. The third kappa shape index (κ3) is 9.67. The topological polar surface area (TPSA) is 35.5 Å². The van der Waals surface area contributed by atoms with Crippen LogP contribution in [0.3, 0.4) is 0 Å². The lowest BCUT2D eigenvalue weighted by atomic mass is 10.1. The lowest BCUT2D eigenvalue weighted by Gasteiger charge is -2.10. The Morgan fingerprint density at radius 3 is 2.47 bits per heavy atom. The number of allylic oxidation sites excluding steroid dienone is 3. The smallest absolute Gasteiger partial charge is 0.435 e. The van der Waals surface area contributed by atoms with Crippen molar-refractivity contribution >= 4 is 6.16 Å². The second-order valence-corrected chi connectivity index (χ2v) is 4.34. The summed E-state index contributed by atoms with van der Waals surface area (Å²) in [5.41, 5.74) is 2.55. The van der Waals surface area contributed by atoms with Crippen LogP contribution < -0.4 is 0 Å². The van der Waals surface area contributed by atoms with Gasteiger partial charge in [-0.05, 0) is 53.5 Å². The van der Waals surface area contributed by atoms with Gasteiger partial charge in [0.25, 0.3) is 0 Å². The molecule has 0 amide bonds. The minimum Gasteiger partial charge on any atom is -0.435 e. The Hall–Kier alpha value is -1.25. The zero-order valence-electron chi connectivity index (χ0n) is 11.6. The van der Waals surface area contributed by atoms with Crippen LogP contribution >= 0.6 is 0 Å². The fraction of sp³-hybridized carbons (Fsp3) is 0.643. The van der Waals surface area contributed by atoms with Crippen LogP contribution in [0, 0.1) is 0 Å². The Morgan fingerprint density at radius 1 is 1.29 bits per heavy atom. The van der Waals surface area contributed by atoms with Crippen LogP contribution in [-0.2, 0) is 9.47 Å². The maximum absolute atomic E-state index is 11.1. The molecular formula is C14H24O3. The first-order chi connectivity index (χ1) is 7.95. The Balaban J connectivity index is 4.01. The lowest BCUT2D eigenvalue weighted by Crippen LogP contribution is -2.14. The van der Waals surface area contributed by atoms with E-state index in [1.54, 1.807) is 6.92 Å². The van der Waals surface area contributed by atoms with E-state index in [2.05, 4.69) is 19.9 Å². The quantitative estimate of drug-likeness (QED) is 0.514. The molecule has 1 unspecified atom stereocenters. The van der Waals surface area contributed by atoms with Crippen molar-refractivity contribution in [3.8, 4) is 0 Å². The van der Waals surface area contributed by atoms with Crippen LogP contribution in [0.5, 0.6) is 0 Å². The fourth-order valence-corrected chi connectivity index (χ4v) is 1.41. The van der Waals surface area contributed by atoms with Gasteiger partial charge in [-0.1, -0.05) is 17.2 Å². The molecule has 0 heterocycles. The fourth-order valence-electron chi connectivity index (χ4n) is 1.41. The van der Waals surface area contributed by atoms with Crippen molar-refractivity contribution in [3.63, 3.8) is 0 Å². The minimum atomic E-state index is -0.603. The van der Waals surface area contributed by atoms with E-state index in [1.807, 2.05) is 19.9 Å². The molecule has 0 radical (unpaired) electrons. The molecule has 0 saturated carbocycles. The average molecular weight is 240 g/mol. The molecule has 17 heavy (non-hydrogen) atoms. The molecule has 0 aromatic rings.